The van der Waals surface area contributed by atoms with E-state index in [9.17, 15) is 9.90 Å². The van der Waals surface area contributed by atoms with Gasteiger partial charge in [-0.25, -0.2) is 4.79 Å². The summed E-state index contributed by atoms with van der Waals surface area (Å²) in [4.78, 5) is 12.0. The average Bonchev–Trinajstić information content (AvgIpc) is 2.97. The molecule has 0 saturated heterocycles. The molecule has 0 atom stereocenters. The van der Waals surface area contributed by atoms with Crippen LogP contribution >= 0.6 is 0 Å². The maximum Gasteiger partial charge on any atom is 0.337 e. The molecule has 0 fully saturated rings. The Morgan fingerprint density at radius 2 is 1.73 bits per heavy atom. The number of hydrogen-bond acceptors (Lipinski definition) is 3. The lowest BCUT2D eigenvalue weighted by atomic mass is 10.1. The van der Waals surface area contributed by atoms with Crippen LogP contribution in [-0.4, -0.2) is 29.3 Å². The van der Waals surface area contributed by atoms with Crippen LogP contribution in [0.3, 0.4) is 0 Å². The molecule has 0 spiro atoms. The van der Waals surface area contributed by atoms with E-state index in [0.29, 0.717) is 18.7 Å². The Hall–Kier alpha value is -3.05. The molecule has 1 heterocycles. The summed E-state index contributed by atoms with van der Waals surface area (Å²) < 4.78 is 7.31. The summed E-state index contributed by atoms with van der Waals surface area (Å²) in [5.74, 6) is -0.0655. The van der Waals surface area contributed by atoms with Gasteiger partial charge in [0.15, 0.2) is 0 Å². The summed E-state index contributed by atoms with van der Waals surface area (Å²) in [6, 6.07) is 16.2. The van der Waals surface area contributed by atoms with E-state index in [2.05, 4.69) is 35.0 Å². The van der Waals surface area contributed by atoms with Gasteiger partial charge in [-0.2, -0.15) is 0 Å². The van der Waals surface area contributed by atoms with Crippen LogP contribution in [0.4, 0.5) is 0 Å². The molecule has 0 radical (unpaired) electrons. The van der Waals surface area contributed by atoms with Crippen molar-refractivity contribution in [3.8, 4) is 5.75 Å². The van der Waals surface area contributed by atoms with Crippen LogP contribution in [0.5, 0.6) is 5.75 Å². The third kappa shape index (κ3) is 4.74. The highest BCUT2D eigenvalue weighted by Crippen LogP contribution is 2.24. The SMILES string of the molecule is COc1ccc(Cn2c(C)c(CNCCc3ccccc3C)c(C(=O)O)c2C)cc1. The second-order valence-electron chi connectivity index (χ2n) is 7.62. The number of nitrogens with zero attached hydrogens (tertiary/aromatic N) is 1. The fourth-order valence-electron chi connectivity index (χ4n) is 3.93. The molecule has 0 aliphatic rings. The molecule has 158 valence electrons. The highest BCUT2D eigenvalue weighted by Gasteiger charge is 2.22. The number of aromatic nitrogens is 1. The number of ether oxygens (including phenoxy) is 1. The minimum Gasteiger partial charge on any atom is -0.497 e. The van der Waals surface area contributed by atoms with Gasteiger partial charge >= 0.3 is 5.97 Å². The lowest BCUT2D eigenvalue weighted by Crippen LogP contribution is -2.19. The average molecular weight is 407 g/mol. The predicted octanol–water partition coefficient (Wildman–Crippen LogP) is 4.50. The second-order valence-corrected chi connectivity index (χ2v) is 7.62. The van der Waals surface area contributed by atoms with E-state index in [-0.39, 0.29) is 0 Å². The Kier molecular flexibility index (Phi) is 6.95. The minimum atomic E-state index is -0.875. The second kappa shape index (κ2) is 9.63. The molecule has 2 N–H and O–H groups in total. The summed E-state index contributed by atoms with van der Waals surface area (Å²) in [5.41, 5.74) is 6.74. The Balaban J connectivity index is 1.75. The van der Waals surface area contributed by atoms with Gasteiger partial charge in [0.25, 0.3) is 0 Å². The molecule has 0 bridgehead atoms. The molecule has 30 heavy (non-hydrogen) atoms. The number of benzene rings is 2. The van der Waals surface area contributed by atoms with Crippen LogP contribution < -0.4 is 10.1 Å². The van der Waals surface area contributed by atoms with Gasteiger partial charge in [0.05, 0.1) is 12.7 Å². The molecule has 0 amide bonds. The van der Waals surface area contributed by atoms with Crippen LogP contribution in [0.15, 0.2) is 48.5 Å². The Bertz CT molecular complexity index is 1020. The quantitative estimate of drug-likeness (QED) is 0.514. The van der Waals surface area contributed by atoms with E-state index < -0.39 is 5.97 Å². The molecule has 0 unspecified atom stereocenters. The van der Waals surface area contributed by atoms with Crippen LogP contribution in [0.1, 0.15) is 44.0 Å². The third-order valence-corrected chi connectivity index (χ3v) is 5.76. The first-order chi connectivity index (χ1) is 14.4. The molecule has 2 aromatic carbocycles. The monoisotopic (exact) mass is 406 g/mol. The smallest absolute Gasteiger partial charge is 0.337 e. The maximum absolute atomic E-state index is 12.0. The van der Waals surface area contributed by atoms with E-state index in [1.807, 2.05) is 44.2 Å². The lowest BCUT2D eigenvalue weighted by Gasteiger charge is -2.11. The van der Waals surface area contributed by atoms with Crippen LogP contribution in [0, 0.1) is 20.8 Å². The van der Waals surface area contributed by atoms with Crippen molar-refractivity contribution in [1.82, 2.24) is 9.88 Å². The van der Waals surface area contributed by atoms with Gasteiger partial charge in [-0.05, 0) is 62.6 Å². The van der Waals surface area contributed by atoms with Crippen LogP contribution in [0.25, 0.3) is 0 Å². The summed E-state index contributed by atoms with van der Waals surface area (Å²) in [6.45, 7) is 7.97. The topological polar surface area (TPSA) is 63.5 Å². The molecular weight excluding hydrogens is 376 g/mol. The number of carboxylic acid groups (broad SMARTS) is 1. The first-order valence-electron chi connectivity index (χ1n) is 10.2. The molecule has 0 saturated carbocycles. The summed E-state index contributed by atoms with van der Waals surface area (Å²) in [6.07, 6.45) is 0.916. The van der Waals surface area contributed by atoms with Gasteiger partial charge in [-0.1, -0.05) is 36.4 Å². The highest BCUT2D eigenvalue weighted by molar-refractivity contribution is 5.91. The standard InChI is InChI=1S/C25H30N2O3/c1-17-7-5-6-8-21(17)13-14-26-15-23-18(2)27(19(3)24(23)25(28)29)16-20-9-11-22(30-4)12-10-20/h5-12,26H,13-16H2,1-4H3,(H,28,29). The normalized spacial score (nSPS) is 10.9. The van der Waals surface area contributed by atoms with Crippen molar-refractivity contribution >= 4 is 5.97 Å². The van der Waals surface area contributed by atoms with Crippen molar-refractivity contribution in [2.24, 2.45) is 0 Å². The van der Waals surface area contributed by atoms with Crippen molar-refractivity contribution in [2.75, 3.05) is 13.7 Å². The molecule has 3 rings (SSSR count). The van der Waals surface area contributed by atoms with Crippen molar-refractivity contribution in [3.63, 3.8) is 0 Å². The Morgan fingerprint density at radius 3 is 2.37 bits per heavy atom. The predicted molar refractivity (Wildman–Crippen MR) is 120 cm³/mol. The molecule has 0 aliphatic carbocycles. The molecule has 1 aromatic heterocycles. The Morgan fingerprint density at radius 1 is 1.03 bits per heavy atom. The van der Waals surface area contributed by atoms with Crippen molar-refractivity contribution < 1.29 is 14.6 Å². The summed E-state index contributed by atoms with van der Waals surface area (Å²) in [5, 5.41) is 13.3. The number of methoxy groups -OCH3 is 1. The lowest BCUT2D eigenvalue weighted by molar-refractivity contribution is 0.0694. The summed E-state index contributed by atoms with van der Waals surface area (Å²) in [7, 11) is 1.65. The van der Waals surface area contributed by atoms with Gasteiger partial charge in [-0.3, -0.25) is 0 Å². The fourth-order valence-corrected chi connectivity index (χ4v) is 3.93. The number of rotatable bonds is 9. The van der Waals surface area contributed by atoms with Crippen molar-refractivity contribution in [1.29, 1.82) is 0 Å². The van der Waals surface area contributed by atoms with E-state index in [4.69, 9.17) is 4.74 Å². The van der Waals surface area contributed by atoms with Crippen molar-refractivity contribution in [3.05, 3.63) is 87.7 Å². The zero-order chi connectivity index (χ0) is 21.7. The molecule has 0 aliphatic heterocycles. The van der Waals surface area contributed by atoms with Crippen LogP contribution in [-0.2, 0) is 19.5 Å². The highest BCUT2D eigenvalue weighted by atomic mass is 16.5. The fraction of sp³-hybridized carbons (Fsp3) is 0.320. The third-order valence-electron chi connectivity index (χ3n) is 5.76. The van der Waals surface area contributed by atoms with E-state index in [1.165, 1.54) is 11.1 Å². The minimum absolute atomic E-state index is 0.407. The summed E-state index contributed by atoms with van der Waals surface area (Å²) >= 11 is 0. The Labute approximate surface area is 178 Å². The number of carboxylic acids is 1. The first kappa shape index (κ1) is 21.7. The van der Waals surface area contributed by atoms with Gasteiger partial charge < -0.3 is 19.7 Å². The van der Waals surface area contributed by atoms with Gasteiger partial charge in [0.1, 0.15) is 5.75 Å². The van der Waals surface area contributed by atoms with Gasteiger partial charge in [0.2, 0.25) is 0 Å². The largest absolute Gasteiger partial charge is 0.497 e. The zero-order valence-corrected chi connectivity index (χ0v) is 18.2. The van der Waals surface area contributed by atoms with E-state index in [0.717, 1.165) is 41.2 Å². The number of aromatic carboxylic acids is 1. The van der Waals surface area contributed by atoms with Gasteiger partial charge in [-0.15, -0.1) is 0 Å². The van der Waals surface area contributed by atoms with E-state index >= 15 is 0 Å². The number of nitrogens with one attached hydrogen (secondary N) is 1. The zero-order valence-electron chi connectivity index (χ0n) is 18.2. The molecule has 5 nitrogen and oxygen atoms in total. The number of carbonyl (C=O) groups is 1. The molecular formula is C25H30N2O3. The van der Waals surface area contributed by atoms with Gasteiger partial charge in [0, 0.05) is 30.0 Å². The maximum atomic E-state index is 12.0. The molecule has 5 heteroatoms. The number of aryl methyl sites for hydroxylation is 1. The van der Waals surface area contributed by atoms with E-state index in [1.54, 1.807) is 7.11 Å². The van der Waals surface area contributed by atoms with Crippen LogP contribution in [0.2, 0.25) is 0 Å². The molecule has 3 aromatic rings. The number of hydrogen-bond donors (Lipinski definition) is 2. The van der Waals surface area contributed by atoms with Crippen molar-refractivity contribution in [2.45, 2.75) is 40.3 Å². The first-order valence-corrected chi connectivity index (χ1v) is 10.2.